The highest BCUT2D eigenvalue weighted by atomic mass is 19.1. The Bertz CT molecular complexity index is 1040. The standard InChI is InChI=1S/C22H18FNO2/c1-25-22-13-16(7-9-19(22)23)21-12-17-11-18(8-10-20(17)24-21)26-14-15-5-3-2-4-6-15/h2-13,24H,14H2,1H3. The zero-order valence-electron chi connectivity index (χ0n) is 14.3. The van der Waals surface area contributed by atoms with Crippen molar-refractivity contribution in [3.8, 4) is 22.8 Å². The first kappa shape index (κ1) is 16.2. The zero-order valence-corrected chi connectivity index (χ0v) is 14.3. The zero-order chi connectivity index (χ0) is 17.9. The Balaban J connectivity index is 1.59. The molecule has 0 spiro atoms. The first-order valence-corrected chi connectivity index (χ1v) is 8.36. The molecule has 0 saturated carbocycles. The quantitative estimate of drug-likeness (QED) is 0.513. The Hall–Kier alpha value is -3.27. The smallest absolute Gasteiger partial charge is 0.165 e. The molecule has 0 aliphatic carbocycles. The summed E-state index contributed by atoms with van der Waals surface area (Å²) in [6.45, 7) is 0.527. The number of ether oxygens (including phenoxy) is 2. The predicted molar refractivity (Wildman–Crippen MR) is 101 cm³/mol. The molecule has 0 amide bonds. The summed E-state index contributed by atoms with van der Waals surface area (Å²) >= 11 is 0. The van der Waals surface area contributed by atoms with Crippen LogP contribution in [0.4, 0.5) is 4.39 Å². The SMILES string of the molecule is COc1cc(-c2cc3cc(OCc4ccccc4)ccc3[nH]2)ccc1F. The van der Waals surface area contributed by atoms with Gasteiger partial charge in [-0.15, -0.1) is 0 Å². The minimum absolute atomic E-state index is 0.230. The first-order valence-electron chi connectivity index (χ1n) is 8.36. The highest BCUT2D eigenvalue weighted by molar-refractivity contribution is 5.87. The maximum absolute atomic E-state index is 13.6. The van der Waals surface area contributed by atoms with Crippen LogP contribution < -0.4 is 9.47 Å². The topological polar surface area (TPSA) is 34.2 Å². The van der Waals surface area contributed by atoms with Gasteiger partial charge in [0.2, 0.25) is 0 Å². The van der Waals surface area contributed by atoms with Crippen molar-refractivity contribution in [2.24, 2.45) is 0 Å². The van der Waals surface area contributed by atoms with Crippen LogP contribution in [0.2, 0.25) is 0 Å². The third-order valence-electron chi connectivity index (χ3n) is 4.30. The molecule has 4 rings (SSSR count). The van der Waals surface area contributed by atoms with Crippen LogP contribution in [0, 0.1) is 5.82 Å². The van der Waals surface area contributed by atoms with E-state index in [4.69, 9.17) is 9.47 Å². The third kappa shape index (κ3) is 3.26. The second-order valence-electron chi connectivity index (χ2n) is 6.06. The van der Waals surface area contributed by atoms with Crippen molar-refractivity contribution >= 4 is 10.9 Å². The molecule has 1 aromatic heterocycles. The lowest BCUT2D eigenvalue weighted by Gasteiger charge is -2.06. The summed E-state index contributed by atoms with van der Waals surface area (Å²) in [4.78, 5) is 3.35. The van der Waals surface area contributed by atoms with Crippen LogP contribution in [-0.2, 0) is 6.61 Å². The summed E-state index contributed by atoms with van der Waals surface area (Å²) in [6.07, 6.45) is 0. The number of rotatable bonds is 5. The highest BCUT2D eigenvalue weighted by Crippen LogP contribution is 2.30. The van der Waals surface area contributed by atoms with E-state index in [1.54, 1.807) is 12.1 Å². The molecule has 130 valence electrons. The van der Waals surface area contributed by atoms with Crippen molar-refractivity contribution in [3.63, 3.8) is 0 Å². The first-order chi connectivity index (χ1) is 12.7. The summed E-state index contributed by atoms with van der Waals surface area (Å²) < 4.78 is 24.6. The molecule has 1 N–H and O–H groups in total. The molecule has 0 aliphatic rings. The monoisotopic (exact) mass is 347 g/mol. The van der Waals surface area contributed by atoms with Crippen molar-refractivity contribution in [1.29, 1.82) is 0 Å². The Labute approximate surface area is 151 Å². The lowest BCUT2D eigenvalue weighted by molar-refractivity contribution is 0.306. The molecular weight excluding hydrogens is 329 g/mol. The maximum Gasteiger partial charge on any atom is 0.165 e. The van der Waals surface area contributed by atoms with Crippen LogP contribution in [0.15, 0.2) is 72.8 Å². The van der Waals surface area contributed by atoms with Crippen molar-refractivity contribution in [2.45, 2.75) is 6.61 Å². The minimum Gasteiger partial charge on any atom is -0.494 e. The van der Waals surface area contributed by atoms with Gasteiger partial charge >= 0.3 is 0 Å². The summed E-state index contributed by atoms with van der Waals surface area (Å²) in [6, 6.07) is 22.8. The highest BCUT2D eigenvalue weighted by Gasteiger charge is 2.09. The number of aromatic amines is 1. The largest absolute Gasteiger partial charge is 0.494 e. The molecule has 4 heteroatoms. The van der Waals surface area contributed by atoms with Gasteiger partial charge < -0.3 is 14.5 Å². The van der Waals surface area contributed by atoms with Gasteiger partial charge in [-0.1, -0.05) is 30.3 Å². The number of aromatic nitrogens is 1. The number of nitrogens with one attached hydrogen (secondary N) is 1. The summed E-state index contributed by atoms with van der Waals surface area (Å²) in [5.74, 6) is 0.667. The number of fused-ring (bicyclic) bond motifs is 1. The summed E-state index contributed by atoms with van der Waals surface area (Å²) in [7, 11) is 1.46. The molecule has 0 saturated heterocycles. The number of benzene rings is 3. The van der Waals surface area contributed by atoms with Crippen molar-refractivity contribution in [1.82, 2.24) is 4.98 Å². The van der Waals surface area contributed by atoms with Crippen LogP contribution in [0.25, 0.3) is 22.2 Å². The van der Waals surface area contributed by atoms with Gasteiger partial charge in [-0.3, -0.25) is 0 Å². The van der Waals surface area contributed by atoms with Crippen molar-refractivity contribution in [3.05, 3.63) is 84.2 Å². The fourth-order valence-corrected chi connectivity index (χ4v) is 2.92. The Kier molecular flexibility index (Phi) is 4.32. The number of H-pyrrole nitrogens is 1. The van der Waals surface area contributed by atoms with Gasteiger partial charge in [0.05, 0.1) is 7.11 Å². The van der Waals surface area contributed by atoms with E-state index < -0.39 is 0 Å². The number of halogens is 1. The van der Waals surface area contributed by atoms with E-state index in [9.17, 15) is 4.39 Å². The van der Waals surface area contributed by atoms with E-state index in [1.807, 2.05) is 54.6 Å². The molecule has 1 heterocycles. The second-order valence-corrected chi connectivity index (χ2v) is 6.06. The van der Waals surface area contributed by atoms with Crippen LogP contribution in [0.5, 0.6) is 11.5 Å². The average molecular weight is 347 g/mol. The summed E-state index contributed by atoms with van der Waals surface area (Å²) in [5.41, 5.74) is 3.89. The molecule has 26 heavy (non-hydrogen) atoms. The predicted octanol–water partition coefficient (Wildman–Crippen LogP) is 5.56. The Morgan fingerprint density at radius 2 is 1.77 bits per heavy atom. The van der Waals surface area contributed by atoms with Gasteiger partial charge in [0.25, 0.3) is 0 Å². The fraction of sp³-hybridized carbons (Fsp3) is 0.0909. The minimum atomic E-state index is -0.371. The lowest BCUT2D eigenvalue weighted by atomic mass is 10.1. The van der Waals surface area contributed by atoms with Crippen LogP contribution in [0.1, 0.15) is 5.56 Å². The van der Waals surface area contributed by atoms with Gasteiger partial charge in [0.1, 0.15) is 12.4 Å². The van der Waals surface area contributed by atoms with Crippen LogP contribution in [-0.4, -0.2) is 12.1 Å². The van der Waals surface area contributed by atoms with Crippen molar-refractivity contribution in [2.75, 3.05) is 7.11 Å². The van der Waals surface area contributed by atoms with Crippen LogP contribution >= 0.6 is 0 Å². The van der Waals surface area contributed by atoms with Gasteiger partial charge in [0, 0.05) is 22.2 Å². The van der Waals surface area contributed by atoms with Crippen molar-refractivity contribution < 1.29 is 13.9 Å². The van der Waals surface area contributed by atoms with E-state index in [0.717, 1.165) is 33.5 Å². The third-order valence-corrected chi connectivity index (χ3v) is 4.30. The molecule has 0 unspecified atom stereocenters. The molecular formula is C22H18FNO2. The Morgan fingerprint density at radius 3 is 2.58 bits per heavy atom. The molecule has 4 aromatic rings. The maximum atomic E-state index is 13.6. The van der Waals surface area contributed by atoms with E-state index >= 15 is 0 Å². The molecule has 3 aromatic carbocycles. The molecule has 3 nitrogen and oxygen atoms in total. The summed E-state index contributed by atoms with van der Waals surface area (Å²) in [5, 5.41) is 1.04. The van der Waals surface area contributed by atoms with Crippen LogP contribution in [0.3, 0.4) is 0 Å². The molecule has 0 atom stereocenters. The van der Waals surface area contributed by atoms with E-state index in [-0.39, 0.29) is 11.6 Å². The fourth-order valence-electron chi connectivity index (χ4n) is 2.92. The molecule has 0 bridgehead atoms. The van der Waals surface area contributed by atoms with Gasteiger partial charge in [0.15, 0.2) is 11.6 Å². The van der Waals surface area contributed by atoms with Gasteiger partial charge in [-0.25, -0.2) is 4.39 Å². The average Bonchev–Trinajstić information content (AvgIpc) is 3.11. The van der Waals surface area contributed by atoms with E-state index in [0.29, 0.717) is 6.61 Å². The lowest BCUT2D eigenvalue weighted by Crippen LogP contribution is -1.94. The van der Waals surface area contributed by atoms with Gasteiger partial charge in [-0.05, 0) is 48.0 Å². The van der Waals surface area contributed by atoms with E-state index in [1.165, 1.54) is 13.2 Å². The second kappa shape index (κ2) is 6.92. The number of hydrogen-bond acceptors (Lipinski definition) is 2. The number of methoxy groups -OCH3 is 1. The molecule has 0 aliphatic heterocycles. The Morgan fingerprint density at radius 1 is 0.923 bits per heavy atom. The molecule has 0 fully saturated rings. The van der Waals surface area contributed by atoms with Gasteiger partial charge in [-0.2, -0.15) is 0 Å². The normalized spacial score (nSPS) is 10.8. The number of hydrogen-bond donors (Lipinski definition) is 1. The van der Waals surface area contributed by atoms with E-state index in [2.05, 4.69) is 4.98 Å². The molecule has 0 radical (unpaired) electrons.